The molecule has 3 aromatic rings. The molecule has 2 N–H and O–H groups in total. The Morgan fingerprint density at radius 3 is 2.96 bits per heavy atom. The molecule has 1 unspecified atom stereocenters. The van der Waals surface area contributed by atoms with Gasteiger partial charge in [0.2, 0.25) is 0 Å². The van der Waals surface area contributed by atoms with Gasteiger partial charge in [-0.3, -0.25) is 4.79 Å². The van der Waals surface area contributed by atoms with Crippen LogP contribution in [0.15, 0.2) is 47.1 Å². The molecule has 0 aliphatic carbocycles. The van der Waals surface area contributed by atoms with Gasteiger partial charge in [-0.15, -0.1) is 0 Å². The van der Waals surface area contributed by atoms with Crippen molar-refractivity contribution in [2.75, 3.05) is 18.4 Å². The smallest absolute Gasteiger partial charge is 0.259 e. The molecule has 2 aromatic heterocycles. The van der Waals surface area contributed by atoms with Gasteiger partial charge in [0.25, 0.3) is 11.6 Å². The van der Waals surface area contributed by atoms with Gasteiger partial charge in [-0.1, -0.05) is 17.3 Å². The summed E-state index contributed by atoms with van der Waals surface area (Å²) < 4.78 is 5.10. The van der Waals surface area contributed by atoms with Crippen LogP contribution < -0.4 is 10.6 Å². The Morgan fingerprint density at radius 1 is 1.29 bits per heavy atom. The van der Waals surface area contributed by atoms with Crippen LogP contribution in [-0.2, 0) is 6.42 Å². The minimum Gasteiger partial charge on any atom is -0.334 e. The lowest BCUT2D eigenvalue weighted by Gasteiger charge is -2.09. The van der Waals surface area contributed by atoms with E-state index in [-0.39, 0.29) is 5.91 Å². The summed E-state index contributed by atoms with van der Waals surface area (Å²) in [4.78, 5) is 16.4. The fourth-order valence-corrected chi connectivity index (χ4v) is 3.07. The van der Waals surface area contributed by atoms with Gasteiger partial charge in [0.05, 0.1) is 5.39 Å². The van der Waals surface area contributed by atoms with Gasteiger partial charge in [0, 0.05) is 11.8 Å². The molecule has 1 fully saturated rings. The van der Waals surface area contributed by atoms with Crippen molar-refractivity contribution < 1.29 is 9.32 Å². The Kier molecular flexibility index (Phi) is 3.96. The number of anilines is 1. The molecule has 1 aromatic carbocycles. The van der Waals surface area contributed by atoms with Crippen molar-refractivity contribution in [1.82, 2.24) is 15.5 Å². The van der Waals surface area contributed by atoms with Gasteiger partial charge in [-0.2, -0.15) is 0 Å². The number of amides is 1. The molecule has 6 heteroatoms. The van der Waals surface area contributed by atoms with Gasteiger partial charge in [-0.25, -0.2) is 4.98 Å². The van der Waals surface area contributed by atoms with Crippen molar-refractivity contribution in [3.05, 3.63) is 53.7 Å². The van der Waals surface area contributed by atoms with Crippen LogP contribution in [0.4, 0.5) is 5.82 Å². The number of benzene rings is 1. The Hall–Kier alpha value is -2.73. The Bertz CT molecular complexity index is 851. The lowest BCUT2D eigenvalue weighted by Crippen LogP contribution is -2.13. The molecule has 0 bridgehead atoms. The molecule has 1 amide bonds. The van der Waals surface area contributed by atoms with Crippen molar-refractivity contribution in [3.63, 3.8) is 0 Å². The Morgan fingerprint density at radius 2 is 2.17 bits per heavy atom. The largest absolute Gasteiger partial charge is 0.334 e. The molecule has 122 valence electrons. The zero-order chi connectivity index (χ0) is 16.4. The van der Waals surface area contributed by atoms with Crippen LogP contribution >= 0.6 is 0 Å². The number of nitrogens with zero attached hydrogens (tertiary/aromatic N) is 2. The summed E-state index contributed by atoms with van der Waals surface area (Å²) in [6, 6.07) is 11.3. The summed E-state index contributed by atoms with van der Waals surface area (Å²) >= 11 is 0. The SMILES string of the molecule is O=C(Nc1noc2ncccc12)c1ccc(CC2CCNC2)cc1. The van der Waals surface area contributed by atoms with Gasteiger partial charge in [0.1, 0.15) is 0 Å². The van der Waals surface area contributed by atoms with Crippen molar-refractivity contribution in [1.29, 1.82) is 0 Å². The van der Waals surface area contributed by atoms with E-state index in [1.54, 1.807) is 12.3 Å². The molecule has 0 saturated carbocycles. The fourth-order valence-electron chi connectivity index (χ4n) is 3.07. The highest BCUT2D eigenvalue weighted by Crippen LogP contribution is 2.21. The zero-order valence-electron chi connectivity index (χ0n) is 13.2. The molecule has 4 rings (SSSR count). The predicted molar refractivity (Wildman–Crippen MR) is 90.9 cm³/mol. The van der Waals surface area contributed by atoms with Gasteiger partial charge >= 0.3 is 0 Å². The number of hydrogen-bond donors (Lipinski definition) is 2. The third-order valence-electron chi connectivity index (χ3n) is 4.38. The van der Waals surface area contributed by atoms with Gasteiger partial charge in [0.15, 0.2) is 5.82 Å². The second-order valence-corrected chi connectivity index (χ2v) is 6.10. The first kappa shape index (κ1) is 14.8. The van der Waals surface area contributed by atoms with E-state index in [2.05, 4.69) is 20.8 Å². The molecular formula is C18H18N4O2. The summed E-state index contributed by atoms with van der Waals surface area (Å²) in [5.74, 6) is 0.881. The van der Waals surface area contributed by atoms with Crippen LogP contribution in [0.2, 0.25) is 0 Å². The van der Waals surface area contributed by atoms with Crippen molar-refractivity contribution in [3.8, 4) is 0 Å². The molecule has 1 saturated heterocycles. The first-order valence-electron chi connectivity index (χ1n) is 8.11. The third kappa shape index (κ3) is 3.00. The van der Waals surface area contributed by atoms with Crippen molar-refractivity contribution >= 4 is 22.8 Å². The molecule has 3 heterocycles. The van der Waals surface area contributed by atoms with Crippen LogP contribution in [-0.4, -0.2) is 29.1 Å². The second-order valence-electron chi connectivity index (χ2n) is 6.10. The fraction of sp³-hybridized carbons (Fsp3) is 0.278. The summed E-state index contributed by atoms with van der Waals surface area (Å²) in [5, 5.41) is 10.7. The maximum atomic E-state index is 12.4. The number of fused-ring (bicyclic) bond motifs is 1. The number of nitrogens with one attached hydrogen (secondary N) is 2. The number of aromatic nitrogens is 2. The van der Waals surface area contributed by atoms with E-state index in [4.69, 9.17) is 4.52 Å². The monoisotopic (exact) mass is 322 g/mol. The quantitative estimate of drug-likeness (QED) is 0.772. The van der Waals surface area contributed by atoms with Crippen LogP contribution in [0.5, 0.6) is 0 Å². The molecule has 24 heavy (non-hydrogen) atoms. The molecule has 0 spiro atoms. The predicted octanol–water partition coefficient (Wildman–Crippen LogP) is 2.63. The van der Waals surface area contributed by atoms with E-state index in [1.165, 1.54) is 12.0 Å². The first-order chi connectivity index (χ1) is 11.8. The Labute approximate surface area is 139 Å². The van der Waals surface area contributed by atoms with Gasteiger partial charge < -0.3 is 15.2 Å². The van der Waals surface area contributed by atoms with Crippen LogP contribution in [0.25, 0.3) is 11.1 Å². The van der Waals surface area contributed by atoms with Crippen molar-refractivity contribution in [2.24, 2.45) is 5.92 Å². The van der Waals surface area contributed by atoms with Crippen LogP contribution in [0.1, 0.15) is 22.3 Å². The van der Waals surface area contributed by atoms with E-state index in [1.807, 2.05) is 30.3 Å². The van der Waals surface area contributed by atoms with E-state index < -0.39 is 0 Å². The summed E-state index contributed by atoms with van der Waals surface area (Å²) in [6.45, 7) is 2.18. The maximum absolute atomic E-state index is 12.4. The molecule has 6 nitrogen and oxygen atoms in total. The number of hydrogen-bond acceptors (Lipinski definition) is 5. The highest BCUT2D eigenvalue weighted by atomic mass is 16.5. The van der Waals surface area contributed by atoms with Crippen molar-refractivity contribution in [2.45, 2.75) is 12.8 Å². The normalized spacial score (nSPS) is 17.2. The number of pyridine rings is 1. The minimum atomic E-state index is -0.205. The standard InChI is InChI=1S/C18H18N4O2/c23-17(21-16-15-2-1-8-20-18(15)24-22-16)14-5-3-12(4-6-14)10-13-7-9-19-11-13/h1-6,8,13,19H,7,9-11H2,(H,21,22,23). The van der Waals surface area contributed by atoms with E-state index in [0.717, 1.165) is 19.5 Å². The number of rotatable bonds is 4. The second kappa shape index (κ2) is 6.41. The summed E-state index contributed by atoms with van der Waals surface area (Å²) in [6.07, 6.45) is 3.89. The van der Waals surface area contributed by atoms with Crippen LogP contribution in [0, 0.1) is 5.92 Å². The lowest BCUT2D eigenvalue weighted by atomic mass is 9.98. The Balaban J connectivity index is 1.46. The lowest BCUT2D eigenvalue weighted by molar-refractivity contribution is 0.102. The highest BCUT2D eigenvalue weighted by molar-refractivity contribution is 6.07. The first-order valence-corrected chi connectivity index (χ1v) is 8.11. The highest BCUT2D eigenvalue weighted by Gasteiger charge is 2.16. The summed E-state index contributed by atoms with van der Waals surface area (Å²) in [7, 11) is 0. The topological polar surface area (TPSA) is 80.1 Å². The van der Waals surface area contributed by atoms with Gasteiger partial charge in [-0.05, 0) is 61.7 Å². The molecule has 1 aliphatic heterocycles. The van der Waals surface area contributed by atoms with E-state index in [0.29, 0.717) is 28.4 Å². The minimum absolute atomic E-state index is 0.205. The number of carbonyl (C=O) groups excluding carboxylic acids is 1. The molecular weight excluding hydrogens is 304 g/mol. The maximum Gasteiger partial charge on any atom is 0.259 e. The van der Waals surface area contributed by atoms with Crippen LogP contribution in [0.3, 0.4) is 0 Å². The average molecular weight is 322 g/mol. The molecule has 1 atom stereocenters. The molecule has 1 aliphatic rings. The zero-order valence-corrected chi connectivity index (χ0v) is 13.2. The summed E-state index contributed by atoms with van der Waals surface area (Å²) in [5.41, 5.74) is 2.27. The number of carbonyl (C=O) groups is 1. The molecule has 0 radical (unpaired) electrons. The van der Waals surface area contributed by atoms with E-state index >= 15 is 0 Å². The third-order valence-corrected chi connectivity index (χ3v) is 4.38. The van der Waals surface area contributed by atoms with E-state index in [9.17, 15) is 4.79 Å². The average Bonchev–Trinajstić information content (AvgIpc) is 3.26.